The standard InChI is InChI=1S/C12H16F3NO/c1-9-4-2-3-5-10(9)11(8-16)17-7-6-12(13,14)15/h2-5,11H,6-8,16H2,1H3. The van der Waals surface area contributed by atoms with E-state index in [1.807, 2.05) is 31.2 Å². The second kappa shape index (κ2) is 6.02. The van der Waals surface area contributed by atoms with E-state index in [4.69, 9.17) is 10.5 Å². The van der Waals surface area contributed by atoms with Gasteiger partial charge in [0.05, 0.1) is 19.1 Å². The first-order chi connectivity index (χ1) is 7.94. The van der Waals surface area contributed by atoms with Crippen LogP contribution in [0, 0.1) is 6.92 Å². The Hall–Kier alpha value is -1.07. The molecule has 0 bridgehead atoms. The van der Waals surface area contributed by atoms with Gasteiger partial charge in [0.1, 0.15) is 0 Å². The molecular formula is C12H16F3NO. The lowest BCUT2D eigenvalue weighted by atomic mass is 10.0. The van der Waals surface area contributed by atoms with Crippen molar-refractivity contribution >= 4 is 0 Å². The van der Waals surface area contributed by atoms with Crippen molar-refractivity contribution in [3.63, 3.8) is 0 Å². The number of hydrogen-bond acceptors (Lipinski definition) is 2. The van der Waals surface area contributed by atoms with Crippen LogP contribution >= 0.6 is 0 Å². The Morgan fingerprint density at radius 3 is 2.47 bits per heavy atom. The van der Waals surface area contributed by atoms with Gasteiger partial charge in [0.2, 0.25) is 0 Å². The van der Waals surface area contributed by atoms with Crippen LogP contribution in [0.2, 0.25) is 0 Å². The zero-order valence-electron chi connectivity index (χ0n) is 9.63. The molecule has 1 aromatic carbocycles. The van der Waals surface area contributed by atoms with Gasteiger partial charge in [-0.15, -0.1) is 0 Å². The minimum atomic E-state index is -4.19. The van der Waals surface area contributed by atoms with Crippen LogP contribution in [-0.4, -0.2) is 19.3 Å². The SMILES string of the molecule is Cc1ccccc1C(CN)OCCC(F)(F)F. The molecule has 1 atom stereocenters. The summed E-state index contributed by atoms with van der Waals surface area (Å²) in [6.07, 6.45) is -5.61. The van der Waals surface area contributed by atoms with Gasteiger partial charge in [0.25, 0.3) is 0 Å². The van der Waals surface area contributed by atoms with Crippen LogP contribution in [0.1, 0.15) is 23.7 Å². The summed E-state index contributed by atoms with van der Waals surface area (Å²) >= 11 is 0. The number of rotatable bonds is 5. The third kappa shape index (κ3) is 4.75. The summed E-state index contributed by atoms with van der Waals surface area (Å²) in [5, 5.41) is 0. The molecule has 0 saturated heterocycles. The molecule has 2 nitrogen and oxygen atoms in total. The van der Waals surface area contributed by atoms with Crippen molar-refractivity contribution in [1.29, 1.82) is 0 Å². The second-order valence-corrected chi connectivity index (χ2v) is 3.82. The monoisotopic (exact) mass is 247 g/mol. The topological polar surface area (TPSA) is 35.2 Å². The highest BCUT2D eigenvalue weighted by Gasteiger charge is 2.27. The van der Waals surface area contributed by atoms with Crippen molar-refractivity contribution in [3.05, 3.63) is 35.4 Å². The maximum absolute atomic E-state index is 12.0. The average molecular weight is 247 g/mol. The summed E-state index contributed by atoms with van der Waals surface area (Å²) in [5.74, 6) is 0. The normalized spacial score (nSPS) is 13.7. The molecule has 0 radical (unpaired) electrons. The van der Waals surface area contributed by atoms with Gasteiger partial charge in [0, 0.05) is 6.54 Å². The summed E-state index contributed by atoms with van der Waals surface area (Å²) in [6, 6.07) is 7.38. The van der Waals surface area contributed by atoms with Gasteiger partial charge >= 0.3 is 6.18 Å². The van der Waals surface area contributed by atoms with Crippen LogP contribution in [0.25, 0.3) is 0 Å². The Kier molecular flexibility index (Phi) is 4.96. The highest BCUT2D eigenvalue weighted by molar-refractivity contribution is 5.27. The Morgan fingerprint density at radius 1 is 1.29 bits per heavy atom. The molecule has 1 rings (SSSR count). The van der Waals surface area contributed by atoms with Gasteiger partial charge in [-0.25, -0.2) is 0 Å². The number of aryl methyl sites for hydroxylation is 1. The van der Waals surface area contributed by atoms with E-state index >= 15 is 0 Å². The van der Waals surface area contributed by atoms with Gasteiger partial charge in [0.15, 0.2) is 0 Å². The van der Waals surface area contributed by atoms with Crippen LogP contribution in [0.3, 0.4) is 0 Å². The van der Waals surface area contributed by atoms with Crippen molar-refractivity contribution in [2.24, 2.45) is 5.73 Å². The predicted molar refractivity (Wildman–Crippen MR) is 59.6 cm³/mol. The lowest BCUT2D eigenvalue weighted by Crippen LogP contribution is -2.20. The van der Waals surface area contributed by atoms with Gasteiger partial charge < -0.3 is 10.5 Å². The molecule has 0 heterocycles. The fraction of sp³-hybridized carbons (Fsp3) is 0.500. The largest absolute Gasteiger partial charge is 0.391 e. The third-order valence-electron chi connectivity index (χ3n) is 2.45. The maximum Gasteiger partial charge on any atom is 0.391 e. The molecule has 1 unspecified atom stereocenters. The number of halogens is 3. The predicted octanol–water partition coefficient (Wildman–Crippen LogP) is 2.96. The molecule has 1 aromatic rings. The lowest BCUT2D eigenvalue weighted by Gasteiger charge is -2.18. The first-order valence-corrected chi connectivity index (χ1v) is 5.38. The maximum atomic E-state index is 12.0. The molecule has 0 aromatic heterocycles. The van der Waals surface area contributed by atoms with E-state index in [0.29, 0.717) is 0 Å². The van der Waals surface area contributed by atoms with Crippen molar-refractivity contribution in [2.45, 2.75) is 25.6 Å². The smallest absolute Gasteiger partial charge is 0.372 e. The van der Waals surface area contributed by atoms with Crippen LogP contribution in [-0.2, 0) is 4.74 Å². The van der Waals surface area contributed by atoms with E-state index in [0.717, 1.165) is 11.1 Å². The molecule has 0 saturated carbocycles. The quantitative estimate of drug-likeness (QED) is 0.868. The minimum absolute atomic E-state index is 0.169. The molecule has 2 N–H and O–H groups in total. The van der Waals surface area contributed by atoms with Crippen molar-refractivity contribution in [3.8, 4) is 0 Å². The molecule has 0 spiro atoms. The van der Waals surface area contributed by atoms with Crippen molar-refractivity contribution in [2.75, 3.05) is 13.2 Å². The number of hydrogen-bond donors (Lipinski definition) is 1. The second-order valence-electron chi connectivity index (χ2n) is 3.82. The number of ether oxygens (including phenoxy) is 1. The van der Waals surface area contributed by atoms with Gasteiger partial charge in [-0.2, -0.15) is 13.2 Å². The summed E-state index contributed by atoms with van der Waals surface area (Å²) in [4.78, 5) is 0. The van der Waals surface area contributed by atoms with E-state index in [-0.39, 0.29) is 13.2 Å². The molecule has 0 aliphatic rings. The molecule has 5 heteroatoms. The van der Waals surface area contributed by atoms with Crippen LogP contribution in [0.4, 0.5) is 13.2 Å². The minimum Gasteiger partial charge on any atom is -0.372 e. The van der Waals surface area contributed by atoms with Crippen LogP contribution in [0.15, 0.2) is 24.3 Å². The van der Waals surface area contributed by atoms with Gasteiger partial charge in [-0.3, -0.25) is 0 Å². The van der Waals surface area contributed by atoms with Gasteiger partial charge in [-0.1, -0.05) is 24.3 Å². The molecule has 96 valence electrons. The first-order valence-electron chi connectivity index (χ1n) is 5.38. The first kappa shape index (κ1) is 14.0. The van der Waals surface area contributed by atoms with E-state index in [1.54, 1.807) is 0 Å². The molecule has 0 aliphatic heterocycles. The van der Waals surface area contributed by atoms with Crippen LogP contribution in [0.5, 0.6) is 0 Å². The van der Waals surface area contributed by atoms with Crippen molar-refractivity contribution in [1.82, 2.24) is 0 Å². The third-order valence-corrected chi connectivity index (χ3v) is 2.45. The molecular weight excluding hydrogens is 231 g/mol. The summed E-state index contributed by atoms with van der Waals surface area (Å²) in [5.41, 5.74) is 7.33. The molecule has 17 heavy (non-hydrogen) atoms. The highest BCUT2D eigenvalue weighted by Crippen LogP contribution is 2.23. The number of alkyl halides is 3. The average Bonchev–Trinajstić information content (AvgIpc) is 2.24. The molecule has 0 aliphatic carbocycles. The summed E-state index contributed by atoms with van der Waals surface area (Å²) in [7, 11) is 0. The van der Waals surface area contributed by atoms with E-state index in [1.165, 1.54) is 0 Å². The lowest BCUT2D eigenvalue weighted by molar-refractivity contribution is -0.149. The fourth-order valence-electron chi connectivity index (χ4n) is 1.55. The number of nitrogens with two attached hydrogens (primary N) is 1. The Labute approximate surface area is 98.6 Å². The Balaban J connectivity index is 2.58. The molecule has 0 fully saturated rings. The zero-order chi connectivity index (χ0) is 12.9. The van der Waals surface area contributed by atoms with E-state index in [9.17, 15) is 13.2 Å². The van der Waals surface area contributed by atoms with Gasteiger partial charge in [-0.05, 0) is 18.1 Å². The van der Waals surface area contributed by atoms with Crippen LogP contribution < -0.4 is 5.73 Å². The van der Waals surface area contributed by atoms with Crippen molar-refractivity contribution < 1.29 is 17.9 Å². The Bertz CT molecular complexity index is 352. The number of benzene rings is 1. The summed E-state index contributed by atoms with van der Waals surface area (Å²) < 4.78 is 41.1. The zero-order valence-corrected chi connectivity index (χ0v) is 9.63. The van der Waals surface area contributed by atoms with E-state index in [2.05, 4.69) is 0 Å². The summed E-state index contributed by atoms with van der Waals surface area (Å²) in [6.45, 7) is 1.69. The fourth-order valence-corrected chi connectivity index (χ4v) is 1.55. The Morgan fingerprint density at radius 2 is 1.94 bits per heavy atom. The molecule has 0 amide bonds. The van der Waals surface area contributed by atoms with E-state index < -0.39 is 18.7 Å². The highest BCUT2D eigenvalue weighted by atomic mass is 19.4.